The number of H-pyrrole nitrogens is 1. The molecule has 2 N–H and O–H groups in total. The summed E-state index contributed by atoms with van der Waals surface area (Å²) in [7, 11) is 0. The maximum atomic E-state index is 13.4. The van der Waals surface area contributed by atoms with E-state index in [4.69, 9.17) is 0 Å². The fraction of sp³-hybridized carbons (Fsp3) is 0.438. The van der Waals surface area contributed by atoms with Gasteiger partial charge < -0.3 is 10.3 Å². The third-order valence-electron chi connectivity index (χ3n) is 2.93. The monoisotopic (exact) mass is 278 g/mol. The molecular formula is C16H23FN2O. The molecule has 0 atom stereocenters. The van der Waals surface area contributed by atoms with Crippen LogP contribution in [0.3, 0.4) is 0 Å². The molecular weight excluding hydrogens is 255 g/mol. The van der Waals surface area contributed by atoms with Crippen molar-refractivity contribution in [2.24, 2.45) is 5.92 Å². The van der Waals surface area contributed by atoms with Crippen LogP contribution >= 0.6 is 0 Å². The maximum absolute atomic E-state index is 13.4. The minimum Gasteiger partial charge on any atom is -0.357 e. The molecule has 0 spiro atoms. The van der Waals surface area contributed by atoms with Crippen LogP contribution in [0.15, 0.2) is 18.2 Å². The summed E-state index contributed by atoms with van der Waals surface area (Å²) in [5, 5.41) is 3.65. The number of amides is 1. The second kappa shape index (κ2) is 7.08. The third kappa shape index (κ3) is 3.83. The number of fused-ring (bicyclic) bond motifs is 1. The number of nitrogens with one attached hydrogen (secondary N) is 2. The Morgan fingerprint density at radius 3 is 2.55 bits per heavy atom. The van der Waals surface area contributed by atoms with Gasteiger partial charge in [-0.25, -0.2) is 4.39 Å². The highest BCUT2D eigenvalue weighted by atomic mass is 19.1. The highest BCUT2D eigenvalue weighted by molar-refractivity contribution is 5.82. The molecule has 0 aliphatic heterocycles. The van der Waals surface area contributed by atoms with Crippen LogP contribution in [0, 0.1) is 18.7 Å². The van der Waals surface area contributed by atoms with E-state index < -0.39 is 0 Å². The Morgan fingerprint density at radius 1 is 1.30 bits per heavy atom. The highest BCUT2D eigenvalue weighted by Gasteiger charge is 2.08. The van der Waals surface area contributed by atoms with Gasteiger partial charge in [0.25, 0.3) is 0 Å². The Balaban J connectivity index is 0.000000956. The van der Waals surface area contributed by atoms with Crippen LogP contribution in [0.25, 0.3) is 10.9 Å². The number of aromatic nitrogens is 1. The van der Waals surface area contributed by atoms with Crippen LogP contribution in [0.2, 0.25) is 0 Å². The number of carbonyl (C=O) groups is 1. The predicted molar refractivity (Wildman–Crippen MR) is 81.0 cm³/mol. The Labute approximate surface area is 119 Å². The summed E-state index contributed by atoms with van der Waals surface area (Å²) in [6.45, 7) is 9.86. The zero-order valence-electron chi connectivity index (χ0n) is 12.8. The van der Waals surface area contributed by atoms with Gasteiger partial charge in [-0.1, -0.05) is 27.7 Å². The zero-order valence-corrected chi connectivity index (χ0v) is 12.8. The first-order valence-corrected chi connectivity index (χ1v) is 7.03. The normalized spacial score (nSPS) is 10.3. The van der Waals surface area contributed by atoms with Crippen LogP contribution in [-0.4, -0.2) is 10.9 Å². The molecule has 0 radical (unpaired) electrons. The van der Waals surface area contributed by atoms with Gasteiger partial charge in [0.1, 0.15) is 5.82 Å². The topological polar surface area (TPSA) is 44.9 Å². The van der Waals surface area contributed by atoms with Crippen LogP contribution in [0.4, 0.5) is 4.39 Å². The molecule has 0 aliphatic rings. The van der Waals surface area contributed by atoms with Gasteiger partial charge in [0.15, 0.2) is 0 Å². The van der Waals surface area contributed by atoms with E-state index in [1.165, 1.54) is 6.07 Å². The van der Waals surface area contributed by atoms with Gasteiger partial charge in [-0.15, -0.1) is 0 Å². The van der Waals surface area contributed by atoms with Gasteiger partial charge >= 0.3 is 0 Å². The van der Waals surface area contributed by atoms with E-state index in [9.17, 15) is 9.18 Å². The minimum absolute atomic E-state index is 0.0102. The quantitative estimate of drug-likeness (QED) is 0.878. The largest absolute Gasteiger partial charge is 0.357 e. The lowest BCUT2D eigenvalue weighted by molar-refractivity contribution is -0.124. The van der Waals surface area contributed by atoms with Crippen LogP contribution < -0.4 is 5.32 Å². The summed E-state index contributed by atoms with van der Waals surface area (Å²) < 4.78 is 13.4. The molecule has 0 fully saturated rings. The summed E-state index contributed by atoms with van der Waals surface area (Å²) in [5.74, 6) is -0.232. The van der Waals surface area contributed by atoms with Gasteiger partial charge in [0, 0.05) is 22.5 Å². The van der Waals surface area contributed by atoms with Crippen LogP contribution in [-0.2, 0) is 11.3 Å². The summed E-state index contributed by atoms with van der Waals surface area (Å²) in [6.07, 6.45) is 0. The molecule has 0 unspecified atom stereocenters. The summed E-state index contributed by atoms with van der Waals surface area (Å²) >= 11 is 0. The lowest BCUT2D eigenvalue weighted by Crippen LogP contribution is -2.27. The maximum Gasteiger partial charge on any atom is 0.222 e. The molecule has 1 amide bonds. The molecule has 110 valence electrons. The van der Waals surface area contributed by atoms with Gasteiger partial charge in [-0.3, -0.25) is 4.79 Å². The minimum atomic E-state index is -0.209. The molecule has 1 heterocycles. The second-order valence-electron chi connectivity index (χ2n) is 4.86. The molecule has 2 rings (SSSR count). The molecule has 4 heteroatoms. The lowest BCUT2D eigenvalue weighted by atomic mass is 10.2. The van der Waals surface area contributed by atoms with Crippen molar-refractivity contribution in [3.8, 4) is 0 Å². The number of hydrogen-bond acceptors (Lipinski definition) is 1. The SMILES string of the molecule is CC.Cc1cc2[nH]c(CNC(=O)C(C)C)cc2cc1F. The smallest absolute Gasteiger partial charge is 0.222 e. The van der Waals surface area contributed by atoms with Crippen molar-refractivity contribution in [2.45, 2.75) is 41.2 Å². The standard InChI is InChI=1S/C14H17FN2O.C2H6/c1-8(2)14(18)16-7-11-5-10-6-12(15)9(3)4-13(10)17-11;1-2/h4-6,8,17H,7H2,1-3H3,(H,16,18);1-2H3. The molecule has 2 aromatic rings. The van der Waals surface area contributed by atoms with Crippen molar-refractivity contribution in [1.82, 2.24) is 10.3 Å². The first-order chi connectivity index (χ1) is 9.47. The summed E-state index contributed by atoms with van der Waals surface area (Å²) in [6, 6.07) is 5.14. The number of aromatic amines is 1. The average molecular weight is 278 g/mol. The fourth-order valence-electron chi connectivity index (χ4n) is 1.80. The second-order valence-corrected chi connectivity index (χ2v) is 4.86. The van der Waals surface area contributed by atoms with E-state index in [0.717, 1.165) is 16.6 Å². The Hall–Kier alpha value is -1.84. The Morgan fingerprint density at radius 2 is 1.95 bits per heavy atom. The van der Waals surface area contributed by atoms with Crippen molar-refractivity contribution < 1.29 is 9.18 Å². The Bertz CT molecular complexity index is 548. The third-order valence-corrected chi connectivity index (χ3v) is 2.93. The van der Waals surface area contributed by atoms with Crippen molar-refractivity contribution in [3.05, 3.63) is 35.3 Å². The van der Waals surface area contributed by atoms with Crippen molar-refractivity contribution >= 4 is 16.8 Å². The number of benzene rings is 1. The summed E-state index contributed by atoms with van der Waals surface area (Å²) in [4.78, 5) is 14.6. The zero-order chi connectivity index (χ0) is 15.3. The van der Waals surface area contributed by atoms with E-state index in [-0.39, 0.29) is 17.6 Å². The van der Waals surface area contributed by atoms with E-state index in [1.807, 2.05) is 33.8 Å². The number of carbonyl (C=O) groups excluding carboxylic acids is 1. The van der Waals surface area contributed by atoms with Crippen LogP contribution in [0.1, 0.15) is 39.0 Å². The van der Waals surface area contributed by atoms with Crippen LogP contribution in [0.5, 0.6) is 0 Å². The molecule has 1 aromatic carbocycles. The molecule has 0 saturated carbocycles. The Kier molecular flexibility index (Phi) is 5.74. The number of aryl methyl sites for hydroxylation is 1. The first-order valence-electron chi connectivity index (χ1n) is 7.03. The van der Waals surface area contributed by atoms with Gasteiger partial charge in [-0.05, 0) is 30.7 Å². The van der Waals surface area contributed by atoms with Gasteiger partial charge in [0.2, 0.25) is 5.91 Å². The van der Waals surface area contributed by atoms with E-state index in [1.54, 1.807) is 13.0 Å². The summed E-state index contributed by atoms with van der Waals surface area (Å²) in [5.41, 5.74) is 2.38. The van der Waals surface area contributed by atoms with E-state index in [0.29, 0.717) is 12.1 Å². The molecule has 3 nitrogen and oxygen atoms in total. The van der Waals surface area contributed by atoms with Gasteiger partial charge in [0.05, 0.1) is 6.54 Å². The number of halogens is 1. The molecule has 0 saturated heterocycles. The van der Waals surface area contributed by atoms with Crippen molar-refractivity contribution in [3.63, 3.8) is 0 Å². The van der Waals surface area contributed by atoms with Gasteiger partial charge in [-0.2, -0.15) is 0 Å². The predicted octanol–water partition coefficient (Wildman–Crippen LogP) is 3.91. The molecule has 0 bridgehead atoms. The van der Waals surface area contributed by atoms with Crippen molar-refractivity contribution in [1.29, 1.82) is 0 Å². The van der Waals surface area contributed by atoms with E-state index in [2.05, 4.69) is 10.3 Å². The number of rotatable bonds is 3. The number of hydrogen-bond donors (Lipinski definition) is 2. The lowest BCUT2D eigenvalue weighted by Gasteiger charge is -2.05. The molecule has 0 aliphatic carbocycles. The molecule has 20 heavy (non-hydrogen) atoms. The van der Waals surface area contributed by atoms with E-state index >= 15 is 0 Å². The first kappa shape index (κ1) is 16.2. The van der Waals surface area contributed by atoms with Crippen molar-refractivity contribution in [2.75, 3.05) is 0 Å². The molecule has 1 aromatic heterocycles. The highest BCUT2D eigenvalue weighted by Crippen LogP contribution is 2.19. The average Bonchev–Trinajstić information content (AvgIpc) is 2.80. The fourth-order valence-corrected chi connectivity index (χ4v) is 1.80.